The fourth-order valence-electron chi connectivity index (χ4n) is 2.37. The van der Waals surface area contributed by atoms with E-state index in [-0.39, 0.29) is 37.1 Å². The van der Waals surface area contributed by atoms with E-state index in [2.05, 4.69) is 4.90 Å². The number of aryl methyl sites for hydroxylation is 1. The van der Waals surface area contributed by atoms with Gasteiger partial charge in [0.15, 0.2) is 5.72 Å². The van der Waals surface area contributed by atoms with Crippen molar-refractivity contribution < 1.29 is 9.90 Å². The number of amides is 1. The maximum atomic E-state index is 12.3. The van der Waals surface area contributed by atoms with E-state index >= 15 is 0 Å². The molecule has 1 aromatic rings. The van der Waals surface area contributed by atoms with Gasteiger partial charge >= 0.3 is 0 Å². The smallest absolute Gasteiger partial charge is 0.269 e. The average Bonchev–Trinajstić information content (AvgIpc) is 2.46. The summed E-state index contributed by atoms with van der Waals surface area (Å²) in [4.78, 5) is 16.1. The Bertz CT molecular complexity index is 449. The molecule has 1 aromatic carbocycles. The quantitative estimate of drug-likeness (QED) is 0.791. The predicted molar refractivity (Wildman–Crippen MR) is 92.5 cm³/mol. The van der Waals surface area contributed by atoms with Crippen molar-refractivity contribution in [3.05, 3.63) is 35.9 Å². The summed E-state index contributed by atoms with van der Waals surface area (Å²) in [5.41, 5.74) is 5.12. The summed E-state index contributed by atoms with van der Waals surface area (Å²) in [7, 11) is 2.02. The highest BCUT2D eigenvalue weighted by atomic mass is 35.5. The van der Waals surface area contributed by atoms with Crippen molar-refractivity contribution in [2.75, 3.05) is 33.2 Å². The van der Waals surface area contributed by atoms with Crippen molar-refractivity contribution >= 4 is 30.7 Å². The number of carbonyl (C=O) groups is 1. The van der Waals surface area contributed by atoms with Crippen LogP contribution in [0.1, 0.15) is 12.0 Å². The first-order chi connectivity index (χ1) is 9.49. The first kappa shape index (κ1) is 21.1. The van der Waals surface area contributed by atoms with Gasteiger partial charge in [0.25, 0.3) is 5.91 Å². The monoisotopic (exact) mass is 349 g/mol. The Hall–Kier alpha value is -0.850. The van der Waals surface area contributed by atoms with E-state index < -0.39 is 5.72 Å². The second kappa shape index (κ2) is 9.33. The first-order valence-electron chi connectivity index (χ1n) is 7.02. The van der Waals surface area contributed by atoms with Crippen LogP contribution in [0.15, 0.2) is 30.3 Å². The Labute approximate surface area is 144 Å². The van der Waals surface area contributed by atoms with Crippen molar-refractivity contribution in [3.63, 3.8) is 0 Å². The lowest BCUT2D eigenvalue weighted by Gasteiger charge is -2.36. The van der Waals surface area contributed by atoms with Crippen LogP contribution in [-0.4, -0.2) is 59.8 Å². The number of aliphatic hydroxyl groups is 1. The van der Waals surface area contributed by atoms with Crippen LogP contribution >= 0.6 is 24.8 Å². The number of halogens is 2. The zero-order valence-electron chi connectivity index (χ0n) is 12.8. The van der Waals surface area contributed by atoms with E-state index in [1.54, 1.807) is 4.90 Å². The highest BCUT2D eigenvalue weighted by Gasteiger charge is 2.35. The minimum absolute atomic E-state index is 0. The SMILES string of the molecule is CN1CCN(C(=O)[C@](N)(O)CCc2ccccc2)CC1.Cl.Cl. The summed E-state index contributed by atoms with van der Waals surface area (Å²) in [5.74, 6) is -0.360. The summed E-state index contributed by atoms with van der Waals surface area (Å²) in [6.45, 7) is 2.89. The van der Waals surface area contributed by atoms with Crippen molar-refractivity contribution in [3.8, 4) is 0 Å². The third-order valence-corrected chi connectivity index (χ3v) is 3.80. The van der Waals surface area contributed by atoms with Gasteiger partial charge in [-0.1, -0.05) is 30.3 Å². The van der Waals surface area contributed by atoms with Gasteiger partial charge in [0, 0.05) is 32.6 Å². The molecule has 0 saturated carbocycles. The van der Waals surface area contributed by atoms with Crippen LogP contribution < -0.4 is 5.73 Å². The van der Waals surface area contributed by atoms with Crippen LogP contribution in [0.2, 0.25) is 0 Å². The van der Waals surface area contributed by atoms with Gasteiger partial charge in [0.1, 0.15) is 0 Å². The zero-order chi connectivity index (χ0) is 14.6. The maximum Gasteiger partial charge on any atom is 0.269 e. The van der Waals surface area contributed by atoms with Crippen molar-refractivity contribution in [1.82, 2.24) is 9.80 Å². The van der Waals surface area contributed by atoms with Gasteiger partial charge in [-0.25, -0.2) is 0 Å². The van der Waals surface area contributed by atoms with Gasteiger partial charge in [-0.05, 0) is 19.0 Å². The molecular weight excluding hydrogens is 325 g/mol. The molecule has 2 rings (SSSR count). The van der Waals surface area contributed by atoms with E-state index in [0.717, 1.165) is 18.7 Å². The normalized spacial score (nSPS) is 17.9. The number of rotatable bonds is 4. The van der Waals surface area contributed by atoms with E-state index in [4.69, 9.17) is 5.73 Å². The first-order valence-corrected chi connectivity index (χ1v) is 7.02. The number of hydrogen-bond donors (Lipinski definition) is 2. The maximum absolute atomic E-state index is 12.3. The fraction of sp³-hybridized carbons (Fsp3) is 0.533. The molecule has 1 atom stereocenters. The number of carbonyl (C=O) groups excluding carboxylic acids is 1. The molecule has 1 amide bonds. The summed E-state index contributed by atoms with van der Waals surface area (Å²) in [5, 5.41) is 10.2. The number of benzene rings is 1. The van der Waals surface area contributed by atoms with Gasteiger partial charge in [-0.2, -0.15) is 0 Å². The molecule has 5 nitrogen and oxygen atoms in total. The summed E-state index contributed by atoms with van der Waals surface area (Å²) in [6, 6.07) is 9.75. The van der Waals surface area contributed by atoms with E-state index in [0.29, 0.717) is 19.5 Å². The number of nitrogens with zero attached hydrogens (tertiary/aromatic N) is 2. The van der Waals surface area contributed by atoms with Crippen molar-refractivity contribution in [1.29, 1.82) is 0 Å². The molecule has 22 heavy (non-hydrogen) atoms. The second-order valence-electron chi connectivity index (χ2n) is 5.51. The number of likely N-dealkylation sites (N-methyl/N-ethyl adjacent to an activating group) is 1. The van der Waals surface area contributed by atoms with Gasteiger partial charge in [-0.15, -0.1) is 24.8 Å². The number of piperazine rings is 1. The third kappa shape index (κ3) is 5.74. The topological polar surface area (TPSA) is 69.8 Å². The predicted octanol–water partition coefficient (Wildman–Crippen LogP) is 0.884. The molecular formula is C15H25Cl2N3O2. The lowest BCUT2D eigenvalue weighted by atomic mass is 10.0. The van der Waals surface area contributed by atoms with Crippen LogP contribution in [-0.2, 0) is 11.2 Å². The molecule has 1 aliphatic heterocycles. The second-order valence-corrected chi connectivity index (χ2v) is 5.51. The highest BCUT2D eigenvalue weighted by Crippen LogP contribution is 2.14. The van der Waals surface area contributed by atoms with Crippen LogP contribution in [0.3, 0.4) is 0 Å². The molecule has 126 valence electrons. The molecule has 0 radical (unpaired) electrons. The molecule has 1 heterocycles. The summed E-state index contributed by atoms with van der Waals surface area (Å²) < 4.78 is 0. The standard InChI is InChI=1S/C15H23N3O2.2ClH/c1-17-9-11-18(12-10-17)14(19)15(16,20)8-7-13-5-3-2-4-6-13;;/h2-6,20H,7-12,16H2,1H3;2*1H/t15-;;/m1../s1. The fourth-order valence-corrected chi connectivity index (χ4v) is 2.37. The molecule has 0 aromatic heterocycles. The van der Waals surface area contributed by atoms with Gasteiger partial charge in [-0.3, -0.25) is 10.5 Å². The minimum Gasteiger partial charge on any atom is -0.368 e. The lowest BCUT2D eigenvalue weighted by Crippen LogP contribution is -2.59. The van der Waals surface area contributed by atoms with Crippen LogP contribution in [0.25, 0.3) is 0 Å². The van der Waals surface area contributed by atoms with Gasteiger partial charge in [0.05, 0.1) is 0 Å². The van der Waals surface area contributed by atoms with E-state index in [9.17, 15) is 9.90 Å². The largest absolute Gasteiger partial charge is 0.368 e. The van der Waals surface area contributed by atoms with Gasteiger partial charge in [0.2, 0.25) is 0 Å². The minimum atomic E-state index is -1.77. The number of hydrogen-bond acceptors (Lipinski definition) is 4. The van der Waals surface area contributed by atoms with Crippen LogP contribution in [0, 0.1) is 0 Å². The Balaban J connectivity index is 0.00000220. The molecule has 0 spiro atoms. The molecule has 7 heteroatoms. The van der Waals surface area contributed by atoms with E-state index in [1.165, 1.54) is 0 Å². The van der Waals surface area contributed by atoms with Gasteiger partial charge < -0.3 is 14.9 Å². The number of nitrogens with two attached hydrogens (primary N) is 1. The average molecular weight is 350 g/mol. The van der Waals surface area contributed by atoms with E-state index in [1.807, 2.05) is 37.4 Å². The molecule has 1 aliphatic rings. The Morgan fingerprint density at radius 3 is 2.27 bits per heavy atom. The summed E-state index contributed by atoms with van der Waals surface area (Å²) >= 11 is 0. The molecule has 1 saturated heterocycles. The van der Waals surface area contributed by atoms with Crippen molar-refractivity contribution in [2.45, 2.75) is 18.6 Å². The highest BCUT2D eigenvalue weighted by molar-refractivity contribution is 5.85. The van der Waals surface area contributed by atoms with Crippen molar-refractivity contribution in [2.24, 2.45) is 5.73 Å². The Morgan fingerprint density at radius 1 is 1.18 bits per heavy atom. The molecule has 0 bridgehead atoms. The Kier molecular flexibility index (Phi) is 8.96. The van der Waals surface area contributed by atoms with Crippen LogP contribution in [0.5, 0.6) is 0 Å². The molecule has 0 aliphatic carbocycles. The third-order valence-electron chi connectivity index (χ3n) is 3.80. The van der Waals surface area contributed by atoms with Crippen LogP contribution in [0.4, 0.5) is 0 Å². The molecule has 1 fully saturated rings. The molecule has 0 unspecified atom stereocenters. The summed E-state index contributed by atoms with van der Waals surface area (Å²) in [6.07, 6.45) is 0.829. The molecule has 3 N–H and O–H groups in total. The lowest BCUT2D eigenvalue weighted by molar-refractivity contribution is -0.153. The Morgan fingerprint density at radius 2 is 1.73 bits per heavy atom. The zero-order valence-corrected chi connectivity index (χ0v) is 14.4.